The first kappa shape index (κ1) is 19.3. The van der Waals surface area contributed by atoms with E-state index in [1.54, 1.807) is 0 Å². The fourth-order valence-corrected chi connectivity index (χ4v) is 2.43. The summed E-state index contributed by atoms with van der Waals surface area (Å²) in [6.45, 7) is 8.11. The zero-order valence-corrected chi connectivity index (χ0v) is 13.3. The third-order valence-electron chi connectivity index (χ3n) is 2.71. The van der Waals surface area contributed by atoms with Crippen LogP contribution in [0.3, 0.4) is 0 Å². The Bertz CT molecular complexity index is 580. The number of hydrogen-bond donors (Lipinski definition) is 2. The predicted molar refractivity (Wildman–Crippen MR) is 78.3 cm³/mol. The standard InChI is InChI=1S/C11H18N2O6S2/c1-5-20(16,17)8(3)10(14)12-7-13-11(15)9(4)21(18,19)6-2/h5-6,8-9H,1-2,7H2,3-4H3,(H,12,14)(H,13,15). The maximum Gasteiger partial charge on any atom is 0.239 e. The molecule has 0 radical (unpaired) electrons. The summed E-state index contributed by atoms with van der Waals surface area (Å²) >= 11 is 0. The van der Waals surface area contributed by atoms with Crippen LogP contribution in [0.25, 0.3) is 0 Å². The topological polar surface area (TPSA) is 126 Å². The number of carbonyl (C=O) groups is 2. The molecule has 0 heterocycles. The Morgan fingerprint density at radius 3 is 1.43 bits per heavy atom. The van der Waals surface area contributed by atoms with E-state index in [0.717, 1.165) is 0 Å². The van der Waals surface area contributed by atoms with Crippen molar-refractivity contribution in [3.63, 3.8) is 0 Å². The van der Waals surface area contributed by atoms with Gasteiger partial charge in [0.15, 0.2) is 19.7 Å². The van der Waals surface area contributed by atoms with Crippen molar-refractivity contribution in [2.75, 3.05) is 6.67 Å². The van der Waals surface area contributed by atoms with Gasteiger partial charge < -0.3 is 10.6 Å². The van der Waals surface area contributed by atoms with E-state index in [4.69, 9.17) is 0 Å². The molecule has 2 amide bonds. The van der Waals surface area contributed by atoms with Crippen molar-refractivity contribution in [3.8, 4) is 0 Å². The second-order valence-electron chi connectivity index (χ2n) is 4.05. The highest BCUT2D eigenvalue weighted by Gasteiger charge is 2.27. The van der Waals surface area contributed by atoms with Gasteiger partial charge in [0.2, 0.25) is 11.8 Å². The minimum absolute atomic E-state index is 0.397. The molecule has 0 spiro atoms. The van der Waals surface area contributed by atoms with Gasteiger partial charge >= 0.3 is 0 Å². The molecule has 0 rings (SSSR count). The molecule has 2 atom stereocenters. The smallest absolute Gasteiger partial charge is 0.239 e. The molecule has 8 nitrogen and oxygen atoms in total. The molecule has 2 unspecified atom stereocenters. The molecule has 0 fully saturated rings. The van der Waals surface area contributed by atoms with E-state index in [-0.39, 0.29) is 0 Å². The molecule has 0 aromatic carbocycles. The van der Waals surface area contributed by atoms with Gasteiger partial charge in [-0.15, -0.1) is 0 Å². The monoisotopic (exact) mass is 338 g/mol. The van der Waals surface area contributed by atoms with Crippen LogP contribution in [0.1, 0.15) is 13.8 Å². The molecule has 0 aliphatic carbocycles. The predicted octanol–water partition coefficient (Wildman–Crippen LogP) is -0.930. The molecule has 2 N–H and O–H groups in total. The summed E-state index contributed by atoms with van der Waals surface area (Å²) in [7, 11) is -7.52. The van der Waals surface area contributed by atoms with E-state index in [1.165, 1.54) is 13.8 Å². The fraction of sp³-hybridized carbons (Fsp3) is 0.455. The van der Waals surface area contributed by atoms with Crippen molar-refractivity contribution in [1.29, 1.82) is 0 Å². The first-order valence-electron chi connectivity index (χ1n) is 5.77. The lowest BCUT2D eigenvalue weighted by Crippen LogP contribution is -2.46. The lowest BCUT2D eigenvalue weighted by Gasteiger charge is -2.13. The second kappa shape index (κ2) is 7.36. The quantitative estimate of drug-likeness (QED) is 0.551. The van der Waals surface area contributed by atoms with Gasteiger partial charge in [-0.2, -0.15) is 0 Å². The second-order valence-corrected chi connectivity index (χ2v) is 8.49. The van der Waals surface area contributed by atoms with E-state index in [9.17, 15) is 26.4 Å². The third-order valence-corrected chi connectivity index (χ3v) is 6.04. The normalized spacial score (nSPS) is 14.6. The highest BCUT2D eigenvalue weighted by atomic mass is 32.2. The number of sulfone groups is 2. The summed E-state index contributed by atoms with van der Waals surface area (Å²) in [6, 6.07) is 0. The molecule has 21 heavy (non-hydrogen) atoms. The Morgan fingerprint density at radius 2 is 1.19 bits per heavy atom. The van der Waals surface area contributed by atoms with Gasteiger partial charge in [-0.25, -0.2) is 16.8 Å². The number of carbonyl (C=O) groups excluding carboxylic acids is 2. The van der Waals surface area contributed by atoms with Gasteiger partial charge in [0.05, 0.1) is 6.67 Å². The molecule has 0 aliphatic rings. The van der Waals surface area contributed by atoms with Crippen molar-refractivity contribution in [1.82, 2.24) is 10.6 Å². The first-order valence-corrected chi connectivity index (χ1v) is 8.99. The summed E-state index contributed by atoms with van der Waals surface area (Å²) in [5.41, 5.74) is 0. The van der Waals surface area contributed by atoms with E-state index < -0.39 is 48.7 Å². The molecule has 0 aliphatic heterocycles. The van der Waals surface area contributed by atoms with Crippen LogP contribution in [-0.2, 0) is 29.3 Å². The molecule has 0 saturated carbocycles. The summed E-state index contributed by atoms with van der Waals surface area (Å²) in [4.78, 5) is 23.1. The molecular weight excluding hydrogens is 320 g/mol. The molecular formula is C11H18N2O6S2. The largest absolute Gasteiger partial charge is 0.338 e. The first-order chi connectivity index (χ1) is 9.49. The van der Waals surface area contributed by atoms with E-state index in [0.29, 0.717) is 10.8 Å². The van der Waals surface area contributed by atoms with Crippen molar-refractivity contribution < 1.29 is 26.4 Å². The van der Waals surface area contributed by atoms with Gasteiger partial charge in [-0.05, 0) is 13.8 Å². The zero-order chi connectivity index (χ0) is 16.8. The summed E-state index contributed by atoms with van der Waals surface area (Å²) in [6.07, 6.45) is 0. The Balaban J connectivity index is 4.52. The highest BCUT2D eigenvalue weighted by molar-refractivity contribution is 7.95. The molecule has 0 aromatic heterocycles. The average molecular weight is 338 g/mol. The van der Waals surface area contributed by atoms with E-state index in [1.807, 2.05) is 0 Å². The molecule has 120 valence electrons. The van der Waals surface area contributed by atoms with Crippen LogP contribution in [-0.4, -0.2) is 45.8 Å². The Kier molecular flexibility index (Phi) is 6.77. The Morgan fingerprint density at radius 1 is 0.905 bits per heavy atom. The summed E-state index contributed by atoms with van der Waals surface area (Å²) in [5.74, 6) is -1.68. The highest BCUT2D eigenvalue weighted by Crippen LogP contribution is 2.03. The maximum atomic E-state index is 11.5. The molecule has 0 saturated heterocycles. The van der Waals surface area contributed by atoms with Crippen molar-refractivity contribution >= 4 is 31.5 Å². The molecule has 0 bridgehead atoms. The number of rotatable bonds is 8. The van der Waals surface area contributed by atoms with Gasteiger partial charge in [0, 0.05) is 10.8 Å². The van der Waals surface area contributed by atoms with Gasteiger partial charge in [0.1, 0.15) is 10.5 Å². The fourth-order valence-electron chi connectivity index (χ4n) is 1.09. The third kappa shape index (κ3) is 5.31. The Labute approximate surface area is 124 Å². The zero-order valence-electron chi connectivity index (χ0n) is 11.7. The van der Waals surface area contributed by atoms with Gasteiger partial charge in [-0.3, -0.25) is 9.59 Å². The van der Waals surface area contributed by atoms with E-state index >= 15 is 0 Å². The van der Waals surface area contributed by atoms with Crippen LogP contribution in [0.2, 0.25) is 0 Å². The van der Waals surface area contributed by atoms with Crippen LogP contribution >= 0.6 is 0 Å². The van der Waals surface area contributed by atoms with E-state index in [2.05, 4.69) is 23.8 Å². The molecule has 0 aromatic rings. The average Bonchev–Trinajstić information content (AvgIpc) is 2.44. The number of amides is 2. The SMILES string of the molecule is C=CS(=O)(=O)C(C)C(=O)NCNC(=O)C(C)S(=O)(=O)C=C. The minimum Gasteiger partial charge on any atom is -0.338 e. The Hall–Kier alpha value is -1.68. The minimum atomic E-state index is -3.76. The van der Waals surface area contributed by atoms with Crippen LogP contribution in [0.5, 0.6) is 0 Å². The van der Waals surface area contributed by atoms with Crippen molar-refractivity contribution in [3.05, 3.63) is 24.0 Å². The van der Waals surface area contributed by atoms with Crippen molar-refractivity contribution in [2.45, 2.75) is 24.3 Å². The number of nitrogens with one attached hydrogen (secondary N) is 2. The summed E-state index contributed by atoms with van der Waals surface area (Å²) in [5, 5.41) is 2.92. The van der Waals surface area contributed by atoms with Crippen LogP contribution in [0.15, 0.2) is 24.0 Å². The molecule has 10 heteroatoms. The summed E-state index contributed by atoms with van der Waals surface area (Å²) < 4.78 is 45.4. The van der Waals surface area contributed by atoms with Crippen LogP contribution < -0.4 is 10.6 Å². The lowest BCUT2D eigenvalue weighted by atomic mass is 10.4. The number of hydrogen-bond acceptors (Lipinski definition) is 6. The maximum absolute atomic E-state index is 11.5. The lowest BCUT2D eigenvalue weighted by molar-refractivity contribution is -0.122. The van der Waals surface area contributed by atoms with Gasteiger partial charge in [-0.1, -0.05) is 13.2 Å². The van der Waals surface area contributed by atoms with Crippen LogP contribution in [0, 0.1) is 0 Å². The van der Waals surface area contributed by atoms with Crippen LogP contribution in [0.4, 0.5) is 0 Å². The van der Waals surface area contributed by atoms with Gasteiger partial charge in [0.25, 0.3) is 0 Å². The van der Waals surface area contributed by atoms with Crippen molar-refractivity contribution in [2.24, 2.45) is 0 Å².